The van der Waals surface area contributed by atoms with E-state index in [1.807, 2.05) is 0 Å². The van der Waals surface area contributed by atoms with E-state index in [9.17, 15) is 0 Å². The molecule has 40 valence electrons. The molecule has 0 saturated heterocycles. The first-order chi connectivity index (χ1) is 2.00. The Bertz CT molecular complexity index is 23.0. The molecule has 0 aromatic carbocycles. The van der Waals surface area contributed by atoms with Crippen LogP contribution >= 0.6 is 0 Å². The first kappa shape index (κ1) is 10.4. The van der Waals surface area contributed by atoms with Crippen LogP contribution in [0.2, 0.25) is 0 Å². The van der Waals surface area contributed by atoms with E-state index < -0.39 is 14.2 Å². The molecule has 0 fully saturated rings. The fourth-order valence-corrected chi connectivity index (χ4v) is 0. The summed E-state index contributed by atoms with van der Waals surface area (Å²) in [7, 11) is 0. The summed E-state index contributed by atoms with van der Waals surface area (Å²) < 4.78 is 29.1. The van der Waals surface area contributed by atoms with Crippen molar-refractivity contribution in [1.29, 1.82) is 0 Å². The van der Waals surface area contributed by atoms with Gasteiger partial charge >= 0.3 is 30.9 Å². The standard InChI is InChI=1S/Cu.Na.4H2O/h;;4*1H2/q+4;;;;;/p-4. The van der Waals surface area contributed by atoms with Gasteiger partial charge in [0, 0.05) is 29.6 Å². The third kappa shape index (κ3) is 55.1. The van der Waals surface area contributed by atoms with Gasteiger partial charge in [0.25, 0.3) is 0 Å². The van der Waals surface area contributed by atoms with E-state index in [2.05, 4.69) is 0 Å². The van der Waals surface area contributed by atoms with Crippen molar-refractivity contribution in [3.05, 3.63) is 0 Å². The van der Waals surface area contributed by atoms with E-state index in [4.69, 9.17) is 16.8 Å². The normalized spacial score (nSPS) is 12.7. The van der Waals surface area contributed by atoms with Crippen LogP contribution in [0.15, 0.2) is 0 Å². The summed E-state index contributed by atoms with van der Waals surface area (Å²) in [5, 5.41) is 0. The second-order valence-corrected chi connectivity index (χ2v) is 1.49. The molecule has 0 spiro atoms. The molecule has 0 amide bonds. The Morgan fingerprint density at radius 1 is 0.833 bits per heavy atom. The van der Waals surface area contributed by atoms with Crippen molar-refractivity contribution >= 4 is 29.6 Å². The minimum atomic E-state index is -4.12. The number of hydrogen-bond donors (Lipinski definition) is 4. The Morgan fingerprint density at radius 3 is 0.833 bits per heavy atom. The van der Waals surface area contributed by atoms with Crippen LogP contribution < -0.4 is 0 Å². The predicted molar refractivity (Wildman–Crippen MR) is 14.6 cm³/mol. The average Bonchev–Trinajstić information content (AvgIpc) is 0.722. The molecule has 0 aromatic rings. The van der Waals surface area contributed by atoms with Crippen LogP contribution in [0.3, 0.4) is 0 Å². The minimum absolute atomic E-state index is 0. The molecule has 0 atom stereocenters. The molecule has 0 rings (SSSR count). The van der Waals surface area contributed by atoms with Crippen molar-refractivity contribution in [2.24, 2.45) is 0 Å². The van der Waals surface area contributed by atoms with E-state index in [1.54, 1.807) is 0 Å². The first-order valence-corrected chi connectivity index (χ1v) is 2.22. The zero-order chi connectivity index (χ0) is 4.50. The van der Waals surface area contributed by atoms with Gasteiger partial charge in [-0.2, -0.15) is 0 Å². The van der Waals surface area contributed by atoms with Gasteiger partial charge in [-0.25, -0.2) is 0 Å². The van der Waals surface area contributed by atoms with Gasteiger partial charge in [-0.15, -0.1) is 0 Å². The van der Waals surface area contributed by atoms with Crippen molar-refractivity contribution in [2.45, 2.75) is 0 Å². The molecule has 0 bridgehead atoms. The maximum atomic E-state index is 7.27. The third-order valence-electron chi connectivity index (χ3n) is 0. The molecule has 0 saturated carbocycles. The Labute approximate surface area is 60.2 Å². The van der Waals surface area contributed by atoms with E-state index in [-0.39, 0.29) is 29.6 Å². The summed E-state index contributed by atoms with van der Waals surface area (Å²) in [6, 6.07) is 0. The summed E-state index contributed by atoms with van der Waals surface area (Å²) in [6.45, 7) is 0. The van der Waals surface area contributed by atoms with E-state index in [0.717, 1.165) is 0 Å². The van der Waals surface area contributed by atoms with Gasteiger partial charge < -0.3 is 0 Å². The molecule has 0 aliphatic carbocycles. The first-order valence-electron chi connectivity index (χ1n) is 0.539. The predicted octanol–water partition coefficient (Wildman–Crippen LogP) is -2.61. The number of hydrogen-bond acceptors (Lipinski definition) is 4. The molecule has 4 nitrogen and oxygen atoms in total. The SMILES string of the molecule is [Na].[OH][Cu]([OH])([OH])[OH]. The maximum absolute atomic E-state index is 7.27. The van der Waals surface area contributed by atoms with Gasteiger partial charge in [0.15, 0.2) is 0 Å². The zero-order valence-corrected chi connectivity index (χ0v) is 6.03. The molecule has 0 heterocycles. The second kappa shape index (κ2) is 3.37. The Hall–Kier alpha value is 1.36. The third-order valence-corrected chi connectivity index (χ3v) is 0. The van der Waals surface area contributed by atoms with Crippen molar-refractivity contribution in [1.82, 2.24) is 0 Å². The zero-order valence-electron chi connectivity index (χ0n) is 3.09. The average molecular weight is 155 g/mol. The van der Waals surface area contributed by atoms with E-state index in [0.29, 0.717) is 0 Å². The summed E-state index contributed by atoms with van der Waals surface area (Å²) in [5.74, 6) is 0. The van der Waals surface area contributed by atoms with Gasteiger partial charge in [0.1, 0.15) is 0 Å². The summed E-state index contributed by atoms with van der Waals surface area (Å²) >= 11 is -4.12. The van der Waals surface area contributed by atoms with Crippen molar-refractivity contribution < 1.29 is 30.9 Å². The molecule has 0 unspecified atom stereocenters. The van der Waals surface area contributed by atoms with Crippen molar-refractivity contribution in [2.75, 3.05) is 0 Å². The van der Waals surface area contributed by atoms with Gasteiger partial charge in [0.05, 0.1) is 0 Å². The van der Waals surface area contributed by atoms with E-state index in [1.165, 1.54) is 0 Å². The van der Waals surface area contributed by atoms with Crippen LogP contribution in [0.25, 0.3) is 0 Å². The molecule has 6 heavy (non-hydrogen) atoms. The monoisotopic (exact) mass is 154 g/mol. The summed E-state index contributed by atoms with van der Waals surface area (Å²) in [6.07, 6.45) is 0. The van der Waals surface area contributed by atoms with Gasteiger partial charge in [-0.05, 0) is 0 Å². The summed E-state index contributed by atoms with van der Waals surface area (Å²) in [5.41, 5.74) is 0. The molecule has 1 radical (unpaired) electrons. The van der Waals surface area contributed by atoms with E-state index >= 15 is 0 Å². The van der Waals surface area contributed by atoms with Crippen LogP contribution in [0.5, 0.6) is 0 Å². The van der Waals surface area contributed by atoms with Gasteiger partial charge in [-0.3, -0.25) is 0 Å². The van der Waals surface area contributed by atoms with Crippen molar-refractivity contribution in [3.63, 3.8) is 0 Å². The fraction of sp³-hybridized carbons (Fsp3) is 0. The fourth-order valence-electron chi connectivity index (χ4n) is 0. The molecular formula is H4CuNaO4. The Kier molecular flexibility index (Phi) is 5.82. The topological polar surface area (TPSA) is 80.9 Å². The van der Waals surface area contributed by atoms with Crippen LogP contribution in [-0.2, 0) is 14.2 Å². The molecule has 0 aliphatic rings. The van der Waals surface area contributed by atoms with Crippen LogP contribution in [0.4, 0.5) is 0 Å². The van der Waals surface area contributed by atoms with Crippen molar-refractivity contribution in [3.8, 4) is 0 Å². The molecule has 6 heteroatoms. The van der Waals surface area contributed by atoms with Gasteiger partial charge in [-0.1, -0.05) is 0 Å². The van der Waals surface area contributed by atoms with Gasteiger partial charge in [0.2, 0.25) is 0 Å². The summed E-state index contributed by atoms with van der Waals surface area (Å²) in [4.78, 5) is 0. The molecular weight excluding hydrogens is 151 g/mol. The number of rotatable bonds is 0. The molecule has 0 aromatic heterocycles. The molecule has 4 N–H and O–H groups in total. The quantitative estimate of drug-likeness (QED) is 0.288. The second-order valence-electron chi connectivity index (χ2n) is 0.362. The Morgan fingerprint density at radius 2 is 0.833 bits per heavy atom. The Balaban J connectivity index is 0. The van der Waals surface area contributed by atoms with Crippen LogP contribution in [-0.4, -0.2) is 46.3 Å². The van der Waals surface area contributed by atoms with Crippen LogP contribution in [0, 0.1) is 0 Å². The molecule has 0 aliphatic heterocycles. The van der Waals surface area contributed by atoms with Crippen LogP contribution in [0.1, 0.15) is 0 Å².